The molecule has 0 amide bonds. The third kappa shape index (κ3) is 5.38. The van der Waals surface area contributed by atoms with Gasteiger partial charge in [0.05, 0.1) is 5.92 Å². The average molecular weight is 390 g/mol. The zero-order chi connectivity index (χ0) is 20.6. The van der Waals surface area contributed by atoms with Gasteiger partial charge in [-0.3, -0.25) is 4.79 Å². The van der Waals surface area contributed by atoms with Crippen molar-refractivity contribution in [3.8, 4) is 11.5 Å². The first-order valence-electron chi connectivity index (χ1n) is 9.73. The Morgan fingerprint density at radius 3 is 2.14 bits per heavy atom. The Morgan fingerprint density at radius 1 is 0.828 bits per heavy atom. The first kappa shape index (κ1) is 20.5. The lowest BCUT2D eigenvalue weighted by atomic mass is 9.92. The van der Waals surface area contributed by atoms with Crippen molar-refractivity contribution < 1.29 is 19.4 Å². The predicted octanol–water partition coefficient (Wildman–Crippen LogP) is 5.17. The molecule has 0 aliphatic heterocycles. The van der Waals surface area contributed by atoms with Gasteiger partial charge in [0.2, 0.25) is 0 Å². The molecular formula is C25H26O4. The van der Waals surface area contributed by atoms with Crippen LogP contribution in [0, 0.1) is 13.8 Å². The molecule has 150 valence electrons. The van der Waals surface area contributed by atoms with Crippen LogP contribution in [-0.4, -0.2) is 24.3 Å². The lowest BCUT2D eigenvalue weighted by molar-refractivity contribution is -0.138. The number of ether oxygens (including phenoxy) is 2. The molecule has 3 aromatic rings. The molecule has 0 radical (unpaired) electrons. The van der Waals surface area contributed by atoms with Crippen LogP contribution in [0.5, 0.6) is 11.5 Å². The largest absolute Gasteiger partial charge is 0.490 e. The summed E-state index contributed by atoms with van der Waals surface area (Å²) in [6.45, 7) is 4.84. The zero-order valence-corrected chi connectivity index (χ0v) is 16.8. The normalized spacial score (nSPS) is 11.7. The van der Waals surface area contributed by atoms with E-state index in [0.717, 1.165) is 28.0 Å². The standard InChI is InChI=1S/C25H26O4/c1-18-9-8-10-19(2)24(18)29-16-15-28-23-14-7-6-13-21(23)17-22(25(26)27)20-11-4-3-5-12-20/h3-14,22H,15-17H2,1-2H3,(H,26,27). The smallest absolute Gasteiger partial charge is 0.311 e. The fraction of sp³-hybridized carbons (Fsp3) is 0.240. The number of aryl methyl sites for hydroxylation is 2. The van der Waals surface area contributed by atoms with E-state index in [1.54, 1.807) is 0 Å². The Morgan fingerprint density at radius 2 is 1.45 bits per heavy atom. The Balaban J connectivity index is 1.65. The monoisotopic (exact) mass is 390 g/mol. The Labute approximate surface area is 171 Å². The fourth-order valence-electron chi connectivity index (χ4n) is 3.39. The van der Waals surface area contributed by atoms with E-state index in [1.165, 1.54) is 0 Å². The highest BCUT2D eigenvalue weighted by atomic mass is 16.5. The number of para-hydroxylation sites is 2. The van der Waals surface area contributed by atoms with Crippen molar-refractivity contribution in [1.29, 1.82) is 0 Å². The maximum absolute atomic E-state index is 11.8. The Hall–Kier alpha value is -3.27. The SMILES string of the molecule is Cc1cccc(C)c1OCCOc1ccccc1CC(C(=O)O)c1ccccc1. The molecule has 4 heteroatoms. The summed E-state index contributed by atoms with van der Waals surface area (Å²) in [6, 6.07) is 22.9. The second-order valence-corrected chi connectivity index (χ2v) is 7.03. The lowest BCUT2D eigenvalue weighted by Crippen LogP contribution is -2.16. The van der Waals surface area contributed by atoms with E-state index < -0.39 is 11.9 Å². The van der Waals surface area contributed by atoms with Crippen LogP contribution in [0.4, 0.5) is 0 Å². The van der Waals surface area contributed by atoms with Crippen LogP contribution >= 0.6 is 0 Å². The van der Waals surface area contributed by atoms with Crippen molar-refractivity contribution in [2.24, 2.45) is 0 Å². The van der Waals surface area contributed by atoms with Gasteiger partial charge in [-0.15, -0.1) is 0 Å². The summed E-state index contributed by atoms with van der Waals surface area (Å²) in [5, 5.41) is 9.71. The van der Waals surface area contributed by atoms with Gasteiger partial charge in [-0.2, -0.15) is 0 Å². The minimum absolute atomic E-state index is 0.368. The van der Waals surface area contributed by atoms with Crippen molar-refractivity contribution in [2.45, 2.75) is 26.2 Å². The molecule has 3 aromatic carbocycles. The summed E-state index contributed by atoms with van der Waals surface area (Å²) in [5.41, 5.74) is 3.85. The van der Waals surface area contributed by atoms with Crippen LogP contribution in [0.2, 0.25) is 0 Å². The van der Waals surface area contributed by atoms with Crippen LogP contribution in [0.3, 0.4) is 0 Å². The first-order chi connectivity index (χ1) is 14.1. The molecule has 1 unspecified atom stereocenters. The van der Waals surface area contributed by atoms with E-state index in [4.69, 9.17) is 9.47 Å². The number of benzene rings is 3. The molecule has 29 heavy (non-hydrogen) atoms. The van der Waals surface area contributed by atoms with Crippen molar-refractivity contribution in [1.82, 2.24) is 0 Å². The molecule has 3 rings (SSSR count). The fourth-order valence-corrected chi connectivity index (χ4v) is 3.39. The van der Waals surface area contributed by atoms with Gasteiger partial charge in [-0.25, -0.2) is 0 Å². The van der Waals surface area contributed by atoms with Gasteiger partial charge in [-0.1, -0.05) is 66.7 Å². The molecule has 4 nitrogen and oxygen atoms in total. The molecule has 0 bridgehead atoms. The van der Waals surface area contributed by atoms with Crippen LogP contribution in [0.15, 0.2) is 72.8 Å². The number of carbonyl (C=O) groups is 1. The highest BCUT2D eigenvalue weighted by Crippen LogP contribution is 2.27. The van der Waals surface area contributed by atoms with Crippen LogP contribution in [-0.2, 0) is 11.2 Å². The van der Waals surface area contributed by atoms with Gasteiger partial charge in [0.25, 0.3) is 0 Å². The molecule has 0 saturated carbocycles. The summed E-state index contributed by atoms with van der Waals surface area (Å²) in [6.07, 6.45) is 0.368. The van der Waals surface area contributed by atoms with Crippen molar-refractivity contribution in [2.75, 3.05) is 13.2 Å². The van der Waals surface area contributed by atoms with Crippen molar-refractivity contribution in [3.05, 3.63) is 95.1 Å². The summed E-state index contributed by atoms with van der Waals surface area (Å²) in [7, 11) is 0. The van der Waals surface area contributed by atoms with Crippen molar-refractivity contribution >= 4 is 5.97 Å². The van der Waals surface area contributed by atoms with E-state index in [-0.39, 0.29) is 0 Å². The molecule has 0 spiro atoms. The lowest BCUT2D eigenvalue weighted by Gasteiger charge is -2.17. The molecule has 0 heterocycles. The zero-order valence-electron chi connectivity index (χ0n) is 16.8. The molecule has 0 saturated heterocycles. The molecule has 0 aliphatic carbocycles. The average Bonchev–Trinajstić information content (AvgIpc) is 2.72. The molecular weight excluding hydrogens is 364 g/mol. The quantitative estimate of drug-likeness (QED) is 0.512. The van der Waals surface area contributed by atoms with Gasteiger partial charge in [-0.05, 0) is 48.6 Å². The van der Waals surface area contributed by atoms with Gasteiger partial charge in [0.1, 0.15) is 24.7 Å². The summed E-state index contributed by atoms with van der Waals surface area (Å²) >= 11 is 0. The van der Waals surface area contributed by atoms with Crippen LogP contribution in [0.1, 0.15) is 28.2 Å². The van der Waals surface area contributed by atoms with E-state index in [1.807, 2.05) is 86.6 Å². The van der Waals surface area contributed by atoms with E-state index in [9.17, 15) is 9.90 Å². The second-order valence-electron chi connectivity index (χ2n) is 7.03. The van der Waals surface area contributed by atoms with Gasteiger partial charge >= 0.3 is 5.97 Å². The summed E-state index contributed by atoms with van der Waals surface area (Å²) in [4.78, 5) is 11.8. The van der Waals surface area contributed by atoms with Gasteiger partial charge in [0, 0.05) is 0 Å². The maximum atomic E-state index is 11.8. The molecule has 0 fully saturated rings. The minimum atomic E-state index is -0.843. The Kier molecular flexibility index (Phi) is 6.90. The van der Waals surface area contributed by atoms with Gasteiger partial charge in [0.15, 0.2) is 0 Å². The van der Waals surface area contributed by atoms with E-state index in [0.29, 0.717) is 25.4 Å². The second kappa shape index (κ2) is 9.78. The first-order valence-corrected chi connectivity index (χ1v) is 9.73. The minimum Gasteiger partial charge on any atom is -0.490 e. The molecule has 1 atom stereocenters. The van der Waals surface area contributed by atoms with E-state index >= 15 is 0 Å². The number of hydrogen-bond donors (Lipinski definition) is 1. The number of aliphatic carboxylic acids is 1. The van der Waals surface area contributed by atoms with Crippen LogP contribution in [0.25, 0.3) is 0 Å². The summed E-state index contributed by atoms with van der Waals surface area (Å²) in [5.74, 6) is 0.121. The van der Waals surface area contributed by atoms with Gasteiger partial charge < -0.3 is 14.6 Å². The number of hydrogen-bond acceptors (Lipinski definition) is 3. The number of carboxylic acid groups (broad SMARTS) is 1. The van der Waals surface area contributed by atoms with Crippen molar-refractivity contribution in [3.63, 3.8) is 0 Å². The third-order valence-corrected chi connectivity index (χ3v) is 4.89. The topological polar surface area (TPSA) is 55.8 Å². The summed E-state index contributed by atoms with van der Waals surface area (Å²) < 4.78 is 11.8. The highest BCUT2D eigenvalue weighted by molar-refractivity contribution is 5.76. The van der Waals surface area contributed by atoms with Crippen LogP contribution < -0.4 is 9.47 Å². The third-order valence-electron chi connectivity index (χ3n) is 4.89. The highest BCUT2D eigenvalue weighted by Gasteiger charge is 2.21. The number of carboxylic acids is 1. The number of rotatable bonds is 9. The molecule has 0 aliphatic rings. The molecule has 1 N–H and O–H groups in total. The predicted molar refractivity (Wildman–Crippen MR) is 114 cm³/mol. The van der Waals surface area contributed by atoms with E-state index in [2.05, 4.69) is 0 Å². The molecule has 0 aromatic heterocycles. The maximum Gasteiger partial charge on any atom is 0.311 e. The Bertz CT molecular complexity index is 930.